The normalized spacial score (nSPS) is 11.3. The van der Waals surface area contributed by atoms with Gasteiger partial charge in [-0.2, -0.15) is 0 Å². The smallest absolute Gasteiger partial charge is 0.242 e. The number of anilines is 1. The first kappa shape index (κ1) is 13.9. The van der Waals surface area contributed by atoms with E-state index in [0.29, 0.717) is 0 Å². The van der Waals surface area contributed by atoms with Gasteiger partial charge < -0.3 is 0 Å². The highest BCUT2D eigenvalue weighted by Crippen LogP contribution is 2.14. The molecule has 4 nitrogen and oxygen atoms in total. The molecule has 2 aromatic carbocycles. The van der Waals surface area contributed by atoms with Crippen molar-refractivity contribution < 1.29 is 0 Å². The molecule has 0 atom stereocenters. The molecule has 4 heteroatoms. The van der Waals surface area contributed by atoms with Gasteiger partial charge in [-0.15, -0.1) is 15.3 Å². The SMILES string of the molecule is Cc1ccc(N=N[C]=NN(C)c2ccc(C)cc2)cc1. The molecule has 0 aromatic heterocycles. The van der Waals surface area contributed by atoms with Crippen LogP contribution in [0.2, 0.25) is 0 Å². The fraction of sp³-hybridized carbons (Fsp3) is 0.188. The summed E-state index contributed by atoms with van der Waals surface area (Å²) in [5, 5.41) is 13.6. The molecule has 0 saturated carbocycles. The van der Waals surface area contributed by atoms with Gasteiger partial charge in [0.2, 0.25) is 6.34 Å². The molecule has 0 bridgehead atoms. The monoisotopic (exact) mass is 265 g/mol. The van der Waals surface area contributed by atoms with Crippen molar-refractivity contribution in [3.05, 3.63) is 59.7 Å². The van der Waals surface area contributed by atoms with Crippen LogP contribution in [0.4, 0.5) is 11.4 Å². The minimum absolute atomic E-state index is 0.788. The lowest BCUT2D eigenvalue weighted by molar-refractivity contribution is 1.02. The van der Waals surface area contributed by atoms with E-state index in [4.69, 9.17) is 0 Å². The number of benzene rings is 2. The quantitative estimate of drug-likeness (QED) is 0.351. The Bertz CT molecular complexity index is 597. The summed E-state index contributed by atoms with van der Waals surface area (Å²) in [5.41, 5.74) is 4.18. The molecule has 0 fully saturated rings. The molecule has 0 saturated heterocycles. The van der Waals surface area contributed by atoms with Crippen molar-refractivity contribution in [2.45, 2.75) is 13.8 Å². The second kappa shape index (κ2) is 6.61. The molecule has 0 aliphatic carbocycles. The maximum Gasteiger partial charge on any atom is 0.242 e. The zero-order valence-corrected chi connectivity index (χ0v) is 11.9. The third-order valence-electron chi connectivity index (χ3n) is 2.85. The molecular formula is C16H17N4. The lowest BCUT2D eigenvalue weighted by Crippen LogP contribution is -2.07. The number of hydrazone groups is 1. The van der Waals surface area contributed by atoms with E-state index in [1.165, 1.54) is 11.1 Å². The van der Waals surface area contributed by atoms with Gasteiger partial charge in [0.1, 0.15) is 0 Å². The second-order valence-corrected chi connectivity index (χ2v) is 4.59. The number of nitrogens with zero attached hydrogens (tertiary/aromatic N) is 4. The predicted molar refractivity (Wildman–Crippen MR) is 82.7 cm³/mol. The molecule has 101 valence electrons. The van der Waals surface area contributed by atoms with Crippen molar-refractivity contribution in [2.24, 2.45) is 15.3 Å². The Balaban J connectivity index is 1.95. The van der Waals surface area contributed by atoms with Gasteiger partial charge in [0.15, 0.2) is 0 Å². The summed E-state index contributed by atoms with van der Waals surface area (Å²) in [4.78, 5) is 0. The van der Waals surface area contributed by atoms with Gasteiger partial charge in [-0.25, -0.2) is 0 Å². The average Bonchev–Trinajstić information content (AvgIpc) is 2.46. The molecule has 0 unspecified atom stereocenters. The Morgan fingerprint density at radius 1 is 0.850 bits per heavy atom. The number of rotatable bonds is 4. The third-order valence-corrected chi connectivity index (χ3v) is 2.85. The Morgan fingerprint density at radius 3 is 2.00 bits per heavy atom. The van der Waals surface area contributed by atoms with Crippen LogP contribution in [0.3, 0.4) is 0 Å². The molecule has 0 spiro atoms. The highest BCUT2D eigenvalue weighted by Gasteiger charge is 1.96. The lowest BCUT2D eigenvalue weighted by Gasteiger charge is -2.11. The Morgan fingerprint density at radius 2 is 1.40 bits per heavy atom. The van der Waals surface area contributed by atoms with Crippen molar-refractivity contribution in [2.75, 3.05) is 12.1 Å². The van der Waals surface area contributed by atoms with Gasteiger partial charge in [0.25, 0.3) is 0 Å². The zero-order chi connectivity index (χ0) is 14.4. The molecule has 0 aliphatic heterocycles. The Hall–Kier alpha value is -2.49. The molecule has 2 rings (SSSR count). The number of aryl methyl sites for hydroxylation is 2. The molecule has 0 heterocycles. The average molecular weight is 265 g/mol. The minimum Gasteiger partial charge on any atom is -0.266 e. The summed E-state index contributed by atoms with van der Waals surface area (Å²) in [6, 6.07) is 15.9. The summed E-state index contributed by atoms with van der Waals surface area (Å²) >= 11 is 0. The van der Waals surface area contributed by atoms with Crippen LogP contribution in [-0.4, -0.2) is 13.4 Å². The zero-order valence-electron chi connectivity index (χ0n) is 11.9. The third kappa shape index (κ3) is 4.02. The van der Waals surface area contributed by atoms with Gasteiger partial charge in [-0.05, 0) is 38.1 Å². The molecule has 1 radical (unpaired) electrons. The summed E-state index contributed by atoms with van der Waals surface area (Å²) in [6.07, 6.45) is 2.57. The first-order chi connectivity index (χ1) is 9.65. The van der Waals surface area contributed by atoms with Crippen LogP contribution in [0.5, 0.6) is 0 Å². The van der Waals surface area contributed by atoms with Crippen molar-refractivity contribution in [3.63, 3.8) is 0 Å². The van der Waals surface area contributed by atoms with E-state index >= 15 is 0 Å². The summed E-state index contributed by atoms with van der Waals surface area (Å²) in [5.74, 6) is 0. The molecule has 0 amide bonds. The van der Waals surface area contributed by atoms with Crippen LogP contribution in [0.1, 0.15) is 11.1 Å². The lowest BCUT2D eigenvalue weighted by atomic mass is 10.2. The van der Waals surface area contributed by atoms with E-state index in [1.807, 2.05) is 62.5 Å². The van der Waals surface area contributed by atoms with Gasteiger partial charge in [-0.1, -0.05) is 35.4 Å². The molecule has 20 heavy (non-hydrogen) atoms. The summed E-state index contributed by atoms with van der Waals surface area (Å²) in [7, 11) is 1.85. The van der Waals surface area contributed by atoms with Gasteiger partial charge >= 0.3 is 0 Å². The van der Waals surface area contributed by atoms with Crippen molar-refractivity contribution in [1.29, 1.82) is 0 Å². The molecule has 2 aromatic rings. The summed E-state index contributed by atoms with van der Waals surface area (Å²) in [6.45, 7) is 4.08. The van der Waals surface area contributed by atoms with Crippen LogP contribution < -0.4 is 5.01 Å². The van der Waals surface area contributed by atoms with Crippen molar-refractivity contribution in [1.82, 2.24) is 0 Å². The number of hydrogen-bond donors (Lipinski definition) is 0. The van der Waals surface area contributed by atoms with E-state index < -0.39 is 0 Å². The van der Waals surface area contributed by atoms with Crippen LogP contribution in [-0.2, 0) is 0 Å². The van der Waals surface area contributed by atoms with Gasteiger partial charge in [0, 0.05) is 7.05 Å². The molecular weight excluding hydrogens is 248 g/mol. The van der Waals surface area contributed by atoms with Crippen LogP contribution in [0.15, 0.2) is 63.9 Å². The standard InChI is InChI=1S/C16H17N4/c1-13-4-8-15(9-5-13)19-17-12-18-20(3)16-10-6-14(2)7-11-16/h4-11H,1-3H3. The van der Waals surface area contributed by atoms with Crippen LogP contribution >= 0.6 is 0 Å². The molecule has 0 aliphatic rings. The highest BCUT2D eigenvalue weighted by atomic mass is 15.4. The highest BCUT2D eigenvalue weighted by molar-refractivity contribution is 5.58. The number of azo groups is 1. The maximum atomic E-state index is 4.08. The van der Waals surface area contributed by atoms with Gasteiger partial charge in [0.05, 0.1) is 11.4 Å². The fourth-order valence-electron chi connectivity index (χ4n) is 1.60. The predicted octanol–water partition coefficient (Wildman–Crippen LogP) is 4.34. The topological polar surface area (TPSA) is 40.3 Å². The minimum atomic E-state index is 0.788. The van der Waals surface area contributed by atoms with E-state index in [-0.39, 0.29) is 0 Å². The largest absolute Gasteiger partial charge is 0.266 e. The number of hydrogen-bond acceptors (Lipinski definition) is 3. The summed E-state index contributed by atoms with van der Waals surface area (Å²) < 4.78 is 0. The Labute approximate surface area is 119 Å². The van der Waals surface area contributed by atoms with E-state index in [2.05, 4.69) is 28.6 Å². The van der Waals surface area contributed by atoms with Crippen molar-refractivity contribution >= 4 is 17.7 Å². The van der Waals surface area contributed by atoms with E-state index in [0.717, 1.165) is 11.4 Å². The Kier molecular flexibility index (Phi) is 4.60. The first-order valence-electron chi connectivity index (χ1n) is 6.38. The van der Waals surface area contributed by atoms with Crippen molar-refractivity contribution in [3.8, 4) is 0 Å². The second-order valence-electron chi connectivity index (χ2n) is 4.59. The van der Waals surface area contributed by atoms with Crippen LogP contribution in [0.25, 0.3) is 0 Å². The molecule has 0 N–H and O–H groups in total. The van der Waals surface area contributed by atoms with Gasteiger partial charge in [-0.3, -0.25) is 5.01 Å². The van der Waals surface area contributed by atoms with E-state index in [1.54, 1.807) is 5.01 Å². The van der Waals surface area contributed by atoms with Crippen LogP contribution in [0, 0.1) is 13.8 Å². The van der Waals surface area contributed by atoms with E-state index in [9.17, 15) is 0 Å². The first-order valence-corrected chi connectivity index (χ1v) is 6.38. The maximum absolute atomic E-state index is 4.08. The fourth-order valence-corrected chi connectivity index (χ4v) is 1.60.